The van der Waals surface area contributed by atoms with Crippen LogP contribution in [0.5, 0.6) is 5.75 Å². The zero-order chi connectivity index (χ0) is 20.6. The number of thioether (sulfide) groups is 1. The van der Waals surface area contributed by atoms with E-state index in [1.54, 1.807) is 12.1 Å². The maximum absolute atomic E-state index is 12.2. The maximum Gasteiger partial charge on any atom is 0.417 e. The van der Waals surface area contributed by atoms with Gasteiger partial charge in [-0.05, 0) is 41.3 Å². The van der Waals surface area contributed by atoms with Crippen LogP contribution in [-0.4, -0.2) is 42.4 Å². The molecular weight excluding hydrogens is 386 g/mol. The standard InChI is InChI=1S/C22H27N3O3S/c1-16(2)18-5-7-19(8-6-18)24-21(26)28-20-9-3-17(4-10-20)15-29-22(27)25-13-11-23-12-14-25/h3-10,16,23H,11-15H2,1-2H3,(H,24,26). The molecule has 7 heteroatoms. The highest BCUT2D eigenvalue weighted by Gasteiger charge is 2.16. The molecule has 2 aromatic carbocycles. The average molecular weight is 414 g/mol. The van der Waals surface area contributed by atoms with Gasteiger partial charge in [-0.25, -0.2) is 4.79 Å². The number of carbonyl (C=O) groups excluding carboxylic acids is 2. The number of hydrogen-bond acceptors (Lipinski definition) is 5. The summed E-state index contributed by atoms with van der Waals surface area (Å²) in [5.41, 5.74) is 2.92. The molecule has 2 N–H and O–H groups in total. The third kappa shape index (κ3) is 6.51. The number of nitrogens with one attached hydrogen (secondary N) is 2. The minimum atomic E-state index is -0.529. The van der Waals surface area contributed by atoms with Crippen molar-refractivity contribution in [3.8, 4) is 5.75 Å². The molecule has 1 saturated heterocycles. The molecule has 0 saturated carbocycles. The van der Waals surface area contributed by atoms with Gasteiger partial charge in [-0.15, -0.1) is 0 Å². The summed E-state index contributed by atoms with van der Waals surface area (Å²) in [6.45, 7) is 7.46. The van der Waals surface area contributed by atoms with Crippen LogP contribution < -0.4 is 15.4 Å². The highest BCUT2D eigenvalue weighted by Crippen LogP contribution is 2.21. The van der Waals surface area contributed by atoms with Gasteiger partial charge in [0.15, 0.2) is 0 Å². The lowest BCUT2D eigenvalue weighted by atomic mass is 10.0. The number of amides is 2. The summed E-state index contributed by atoms with van der Waals surface area (Å²) in [6, 6.07) is 15.0. The molecule has 2 amide bonds. The van der Waals surface area contributed by atoms with Crippen molar-refractivity contribution in [3.63, 3.8) is 0 Å². The van der Waals surface area contributed by atoms with E-state index < -0.39 is 6.09 Å². The van der Waals surface area contributed by atoms with Crippen LogP contribution in [0.4, 0.5) is 15.3 Å². The topological polar surface area (TPSA) is 70.7 Å². The Morgan fingerprint density at radius 1 is 1.07 bits per heavy atom. The number of piperazine rings is 1. The van der Waals surface area contributed by atoms with Crippen LogP contribution in [-0.2, 0) is 5.75 Å². The lowest BCUT2D eigenvalue weighted by Gasteiger charge is -2.26. The predicted molar refractivity (Wildman–Crippen MR) is 118 cm³/mol. The van der Waals surface area contributed by atoms with Crippen molar-refractivity contribution in [2.24, 2.45) is 0 Å². The second-order valence-corrected chi connectivity index (χ2v) is 8.15. The van der Waals surface area contributed by atoms with Crippen LogP contribution in [0.3, 0.4) is 0 Å². The van der Waals surface area contributed by atoms with Gasteiger partial charge in [0.2, 0.25) is 0 Å². The van der Waals surface area contributed by atoms with E-state index in [0.717, 1.165) is 31.7 Å². The molecule has 0 unspecified atom stereocenters. The molecular formula is C22H27N3O3S. The summed E-state index contributed by atoms with van der Waals surface area (Å²) >= 11 is 1.30. The van der Waals surface area contributed by atoms with E-state index in [-0.39, 0.29) is 5.24 Å². The third-order valence-corrected chi connectivity index (χ3v) is 5.68. The molecule has 154 valence electrons. The van der Waals surface area contributed by atoms with Crippen LogP contribution in [0.25, 0.3) is 0 Å². The van der Waals surface area contributed by atoms with Gasteiger partial charge in [0.25, 0.3) is 5.24 Å². The minimum absolute atomic E-state index is 0.106. The Balaban J connectivity index is 1.45. The van der Waals surface area contributed by atoms with E-state index in [9.17, 15) is 9.59 Å². The van der Waals surface area contributed by atoms with E-state index in [0.29, 0.717) is 23.1 Å². The van der Waals surface area contributed by atoms with Gasteiger partial charge >= 0.3 is 6.09 Å². The summed E-state index contributed by atoms with van der Waals surface area (Å²) in [5.74, 6) is 1.50. The fraction of sp³-hybridized carbons (Fsp3) is 0.364. The first kappa shape index (κ1) is 21.2. The molecule has 1 fully saturated rings. The zero-order valence-electron chi connectivity index (χ0n) is 16.8. The van der Waals surface area contributed by atoms with E-state index in [2.05, 4.69) is 24.5 Å². The van der Waals surface area contributed by atoms with Gasteiger partial charge in [0.1, 0.15) is 5.75 Å². The van der Waals surface area contributed by atoms with Crippen molar-refractivity contribution in [2.75, 3.05) is 31.5 Å². The molecule has 2 aromatic rings. The first-order valence-corrected chi connectivity index (χ1v) is 10.8. The van der Waals surface area contributed by atoms with Gasteiger partial charge in [0, 0.05) is 37.6 Å². The number of hydrogen-bond donors (Lipinski definition) is 2. The van der Waals surface area contributed by atoms with Crippen molar-refractivity contribution >= 4 is 28.8 Å². The monoisotopic (exact) mass is 413 g/mol. The summed E-state index contributed by atoms with van der Waals surface area (Å²) in [7, 11) is 0. The molecule has 0 spiro atoms. The second-order valence-electron chi connectivity index (χ2n) is 7.23. The average Bonchev–Trinajstić information content (AvgIpc) is 2.74. The van der Waals surface area contributed by atoms with E-state index in [1.807, 2.05) is 41.3 Å². The number of rotatable bonds is 5. The van der Waals surface area contributed by atoms with Gasteiger partial charge in [0.05, 0.1) is 0 Å². The highest BCUT2D eigenvalue weighted by molar-refractivity contribution is 8.12. The van der Waals surface area contributed by atoms with Crippen LogP contribution in [0, 0.1) is 0 Å². The Kier molecular flexibility index (Phi) is 7.55. The van der Waals surface area contributed by atoms with Crippen molar-refractivity contribution in [1.29, 1.82) is 0 Å². The number of carbonyl (C=O) groups is 2. The second kappa shape index (κ2) is 10.3. The molecule has 0 atom stereocenters. The summed E-state index contributed by atoms with van der Waals surface area (Å²) in [4.78, 5) is 26.2. The molecule has 1 aliphatic heterocycles. The summed E-state index contributed by atoms with van der Waals surface area (Å²) in [6.07, 6.45) is -0.529. The van der Waals surface area contributed by atoms with Crippen molar-refractivity contribution in [3.05, 3.63) is 59.7 Å². The van der Waals surface area contributed by atoms with Gasteiger partial charge in [-0.3, -0.25) is 10.1 Å². The molecule has 0 bridgehead atoms. The Labute approximate surface area is 176 Å². The van der Waals surface area contributed by atoms with Crippen LogP contribution in [0.1, 0.15) is 30.9 Å². The first-order chi connectivity index (χ1) is 14.0. The molecule has 0 aliphatic carbocycles. The Morgan fingerprint density at radius 3 is 2.34 bits per heavy atom. The van der Waals surface area contributed by atoms with Gasteiger partial charge in [-0.1, -0.05) is 49.9 Å². The van der Waals surface area contributed by atoms with Crippen molar-refractivity contribution < 1.29 is 14.3 Å². The predicted octanol–water partition coefficient (Wildman–Crippen LogP) is 4.68. The smallest absolute Gasteiger partial charge is 0.410 e. The van der Waals surface area contributed by atoms with E-state index >= 15 is 0 Å². The molecule has 1 heterocycles. The summed E-state index contributed by atoms with van der Waals surface area (Å²) < 4.78 is 5.33. The molecule has 6 nitrogen and oxygen atoms in total. The Bertz CT molecular complexity index is 816. The normalized spacial score (nSPS) is 14.0. The first-order valence-electron chi connectivity index (χ1n) is 9.81. The van der Waals surface area contributed by atoms with Crippen LogP contribution in [0.15, 0.2) is 48.5 Å². The van der Waals surface area contributed by atoms with Crippen molar-refractivity contribution in [1.82, 2.24) is 10.2 Å². The molecule has 0 aromatic heterocycles. The fourth-order valence-corrected chi connectivity index (χ4v) is 3.79. The van der Waals surface area contributed by atoms with E-state index in [4.69, 9.17) is 4.74 Å². The largest absolute Gasteiger partial charge is 0.417 e. The van der Waals surface area contributed by atoms with Crippen molar-refractivity contribution in [2.45, 2.75) is 25.5 Å². The van der Waals surface area contributed by atoms with Gasteiger partial charge < -0.3 is 15.0 Å². The minimum Gasteiger partial charge on any atom is -0.410 e. The van der Waals surface area contributed by atoms with E-state index in [1.165, 1.54) is 17.3 Å². The summed E-state index contributed by atoms with van der Waals surface area (Å²) in [5, 5.41) is 6.07. The Hall–Kier alpha value is -2.51. The molecule has 0 radical (unpaired) electrons. The SMILES string of the molecule is CC(C)c1ccc(NC(=O)Oc2ccc(CSC(=O)N3CCNCC3)cc2)cc1. The molecule has 29 heavy (non-hydrogen) atoms. The third-order valence-electron chi connectivity index (χ3n) is 4.70. The quantitative estimate of drug-likeness (QED) is 0.745. The van der Waals surface area contributed by atoms with Crippen LogP contribution >= 0.6 is 11.8 Å². The highest BCUT2D eigenvalue weighted by atomic mass is 32.2. The number of nitrogens with zero attached hydrogens (tertiary/aromatic N) is 1. The maximum atomic E-state index is 12.2. The number of benzene rings is 2. The number of anilines is 1. The molecule has 1 aliphatic rings. The van der Waals surface area contributed by atoms with Crippen LogP contribution in [0.2, 0.25) is 0 Å². The zero-order valence-corrected chi connectivity index (χ0v) is 17.6. The lowest BCUT2D eigenvalue weighted by Crippen LogP contribution is -2.45. The Morgan fingerprint density at radius 2 is 1.72 bits per heavy atom. The molecule has 3 rings (SSSR count). The van der Waals surface area contributed by atoms with Gasteiger partial charge in [-0.2, -0.15) is 0 Å². The fourth-order valence-electron chi connectivity index (χ4n) is 2.94. The number of ether oxygens (including phenoxy) is 1. The lowest BCUT2D eigenvalue weighted by molar-refractivity contribution is 0.214.